The van der Waals surface area contributed by atoms with E-state index < -0.39 is 18.4 Å². The zero-order chi connectivity index (χ0) is 19.8. The lowest BCUT2D eigenvalue weighted by Gasteiger charge is -2.10. The van der Waals surface area contributed by atoms with Crippen LogP contribution in [0.2, 0.25) is 0 Å². The van der Waals surface area contributed by atoms with Crippen LogP contribution in [0, 0.1) is 5.82 Å². The van der Waals surface area contributed by atoms with Gasteiger partial charge in [0.2, 0.25) is 0 Å². The van der Waals surface area contributed by atoms with Crippen molar-refractivity contribution >= 4 is 12.2 Å². The molecule has 0 atom stereocenters. The largest absolute Gasteiger partial charge is 0.493 e. The predicted molar refractivity (Wildman–Crippen MR) is 89.7 cm³/mol. The smallest absolute Gasteiger partial charge is 0.387 e. The Bertz CT molecular complexity index is 827. The number of oxime groups is 1. The van der Waals surface area contributed by atoms with Crippen LogP contribution in [0.25, 0.3) is 0 Å². The maximum absolute atomic E-state index is 13.8. The number of ether oxygens (including phenoxy) is 3. The van der Waals surface area contributed by atoms with Gasteiger partial charge in [0, 0.05) is 11.1 Å². The summed E-state index contributed by atoms with van der Waals surface area (Å²) in [5, 5.41) is 3.69. The number of benzene rings is 2. The van der Waals surface area contributed by atoms with E-state index in [-0.39, 0.29) is 29.2 Å². The summed E-state index contributed by atoms with van der Waals surface area (Å²) < 4.78 is 52.2. The summed E-state index contributed by atoms with van der Waals surface area (Å²) in [5.74, 6) is -1.19. The van der Waals surface area contributed by atoms with Crippen molar-refractivity contribution < 1.29 is 37.0 Å². The Hall–Kier alpha value is -3.23. The highest BCUT2D eigenvalue weighted by Gasteiger charge is 2.11. The van der Waals surface area contributed by atoms with Crippen LogP contribution in [-0.2, 0) is 16.2 Å². The van der Waals surface area contributed by atoms with Crippen molar-refractivity contribution in [2.45, 2.75) is 13.2 Å². The second kappa shape index (κ2) is 9.46. The van der Waals surface area contributed by atoms with Crippen LogP contribution in [0.3, 0.4) is 0 Å². The highest BCUT2D eigenvalue weighted by atomic mass is 19.3. The molecule has 9 heteroatoms. The second-order valence-electron chi connectivity index (χ2n) is 5.09. The van der Waals surface area contributed by atoms with Crippen molar-refractivity contribution in [1.82, 2.24) is 0 Å². The Morgan fingerprint density at radius 1 is 1.15 bits per heavy atom. The Balaban J connectivity index is 2.03. The van der Waals surface area contributed by atoms with E-state index in [0.29, 0.717) is 5.56 Å². The molecule has 2 aromatic rings. The average Bonchev–Trinajstić information content (AvgIpc) is 2.66. The predicted octanol–water partition coefficient (Wildman–Crippen LogP) is 3.77. The monoisotopic (exact) mass is 383 g/mol. The molecule has 2 aromatic carbocycles. The minimum atomic E-state index is -2.97. The molecule has 0 aliphatic heterocycles. The number of rotatable bonds is 8. The van der Waals surface area contributed by atoms with Crippen molar-refractivity contribution in [3.05, 3.63) is 58.9 Å². The van der Waals surface area contributed by atoms with Crippen LogP contribution in [0.5, 0.6) is 11.5 Å². The summed E-state index contributed by atoms with van der Waals surface area (Å²) in [4.78, 5) is 16.5. The first-order valence-electron chi connectivity index (χ1n) is 7.59. The van der Waals surface area contributed by atoms with Gasteiger partial charge in [-0.1, -0.05) is 5.16 Å². The average molecular weight is 383 g/mol. The summed E-state index contributed by atoms with van der Waals surface area (Å²) in [6.07, 6.45) is 1.29. The Labute approximate surface area is 153 Å². The fourth-order valence-electron chi connectivity index (χ4n) is 2.09. The highest BCUT2D eigenvalue weighted by molar-refractivity contribution is 5.89. The summed E-state index contributed by atoms with van der Waals surface area (Å²) in [5.41, 5.74) is 0.784. The van der Waals surface area contributed by atoms with Gasteiger partial charge in [0.15, 0.2) is 11.5 Å². The third-order valence-corrected chi connectivity index (χ3v) is 3.37. The molecule has 0 aliphatic rings. The second-order valence-corrected chi connectivity index (χ2v) is 5.09. The molecule has 0 saturated carbocycles. The Morgan fingerprint density at radius 3 is 2.59 bits per heavy atom. The van der Waals surface area contributed by atoms with E-state index in [1.807, 2.05) is 0 Å². The van der Waals surface area contributed by atoms with Crippen LogP contribution in [-0.4, -0.2) is 33.0 Å². The van der Waals surface area contributed by atoms with Gasteiger partial charge in [-0.3, -0.25) is 0 Å². The van der Waals surface area contributed by atoms with E-state index in [1.165, 1.54) is 50.8 Å². The van der Waals surface area contributed by atoms with E-state index in [1.54, 1.807) is 0 Å². The minimum Gasteiger partial charge on any atom is -0.493 e. The molecule has 0 bridgehead atoms. The summed E-state index contributed by atoms with van der Waals surface area (Å²) in [6, 6.07) is 7.90. The van der Waals surface area contributed by atoms with Gasteiger partial charge in [0.1, 0.15) is 12.4 Å². The third kappa shape index (κ3) is 5.63. The maximum Gasteiger partial charge on any atom is 0.387 e. The number of nitrogens with zero attached hydrogens (tertiary/aromatic N) is 1. The molecular weight excluding hydrogens is 367 g/mol. The van der Waals surface area contributed by atoms with Gasteiger partial charge in [0.25, 0.3) is 0 Å². The van der Waals surface area contributed by atoms with Crippen LogP contribution in [0.4, 0.5) is 13.2 Å². The molecule has 0 spiro atoms. The Morgan fingerprint density at radius 2 is 1.93 bits per heavy atom. The van der Waals surface area contributed by atoms with Crippen molar-refractivity contribution in [2.75, 3.05) is 14.2 Å². The number of alkyl halides is 2. The van der Waals surface area contributed by atoms with Gasteiger partial charge < -0.3 is 19.0 Å². The fraction of sp³-hybridized carbons (Fsp3) is 0.222. The van der Waals surface area contributed by atoms with Gasteiger partial charge in [-0.2, -0.15) is 8.78 Å². The zero-order valence-corrected chi connectivity index (χ0v) is 14.4. The lowest BCUT2D eigenvalue weighted by atomic mass is 10.1. The van der Waals surface area contributed by atoms with E-state index in [9.17, 15) is 18.0 Å². The topological polar surface area (TPSA) is 66.4 Å². The van der Waals surface area contributed by atoms with E-state index in [2.05, 4.69) is 14.6 Å². The van der Waals surface area contributed by atoms with Crippen molar-refractivity contribution in [3.63, 3.8) is 0 Å². The van der Waals surface area contributed by atoms with Gasteiger partial charge in [-0.25, -0.2) is 9.18 Å². The van der Waals surface area contributed by atoms with Crippen LogP contribution >= 0.6 is 0 Å². The molecule has 0 radical (unpaired) electrons. The van der Waals surface area contributed by atoms with Crippen molar-refractivity contribution in [2.24, 2.45) is 5.16 Å². The van der Waals surface area contributed by atoms with Gasteiger partial charge in [-0.15, -0.1) is 0 Å². The quantitative estimate of drug-likeness (QED) is 0.394. The van der Waals surface area contributed by atoms with Crippen LogP contribution in [0.1, 0.15) is 21.5 Å². The first-order valence-corrected chi connectivity index (χ1v) is 7.59. The molecule has 0 amide bonds. The number of carbonyl (C=O) groups excluding carboxylic acids is 1. The normalized spacial score (nSPS) is 10.9. The lowest BCUT2D eigenvalue weighted by Crippen LogP contribution is -2.04. The molecule has 0 fully saturated rings. The number of hydrogen-bond acceptors (Lipinski definition) is 6. The first kappa shape index (κ1) is 20.1. The molecule has 2 rings (SSSR count). The van der Waals surface area contributed by atoms with Gasteiger partial charge in [-0.05, 0) is 36.4 Å². The molecule has 0 heterocycles. The molecule has 27 heavy (non-hydrogen) atoms. The molecule has 0 saturated heterocycles. The zero-order valence-electron chi connectivity index (χ0n) is 14.4. The van der Waals surface area contributed by atoms with Gasteiger partial charge in [0.05, 0.1) is 26.0 Å². The number of methoxy groups -OCH3 is 2. The molecule has 0 aromatic heterocycles. The van der Waals surface area contributed by atoms with Gasteiger partial charge >= 0.3 is 12.6 Å². The maximum atomic E-state index is 13.8. The number of esters is 1. The standard InChI is InChI=1S/C18H16F3NO5/c1-24-16-7-11(3-6-15(16)27-18(20)21)9-22-26-10-13-8-12(17(23)25-2)4-5-14(13)19/h3-9,18H,10H2,1-2H3/b22-9+. The third-order valence-electron chi connectivity index (χ3n) is 3.37. The molecule has 0 N–H and O–H groups in total. The first-order chi connectivity index (χ1) is 12.9. The summed E-state index contributed by atoms with van der Waals surface area (Å²) in [6.45, 7) is -3.20. The number of hydrogen-bond donors (Lipinski definition) is 0. The van der Waals surface area contributed by atoms with Crippen molar-refractivity contribution in [1.29, 1.82) is 0 Å². The Kier molecular flexibility index (Phi) is 7.04. The molecule has 0 aliphatic carbocycles. The highest BCUT2D eigenvalue weighted by Crippen LogP contribution is 2.28. The summed E-state index contributed by atoms with van der Waals surface area (Å²) >= 11 is 0. The number of halogens is 3. The van der Waals surface area contributed by atoms with Crippen LogP contribution < -0.4 is 9.47 Å². The lowest BCUT2D eigenvalue weighted by molar-refractivity contribution is -0.0512. The van der Waals surface area contributed by atoms with E-state index in [0.717, 1.165) is 6.07 Å². The van der Waals surface area contributed by atoms with Crippen LogP contribution in [0.15, 0.2) is 41.6 Å². The molecule has 0 unspecified atom stereocenters. The van der Waals surface area contributed by atoms with E-state index in [4.69, 9.17) is 9.57 Å². The minimum absolute atomic E-state index is 0.0936. The molecule has 6 nitrogen and oxygen atoms in total. The molecular formula is C18H16F3NO5. The van der Waals surface area contributed by atoms with E-state index >= 15 is 0 Å². The fourth-order valence-corrected chi connectivity index (χ4v) is 2.09. The molecule has 144 valence electrons. The number of carbonyl (C=O) groups is 1. The summed E-state index contributed by atoms with van der Waals surface area (Å²) in [7, 11) is 2.53. The SMILES string of the molecule is COC(=O)c1ccc(F)c(CO/N=C/c2ccc(OC(F)F)c(OC)c2)c1. The van der Waals surface area contributed by atoms with Crippen molar-refractivity contribution in [3.8, 4) is 11.5 Å².